The van der Waals surface area contributed by atoms with Gasteiger partial charge in [-0.1, -0.05) is 5.92 Å². The molecule has 0 radical (unpaired) electrons. The van der Waals surface area contributed by atoms with Crippen LogP contribution in [0.2, 0.25) is 0 Å². The molecule has 1 aliphatic carbocycles. The number of carbonyl (C=O) groups excluding carboxylic acids is 2. The van der Waals surface area contributed by atoms with Crippen LogP contribution in [0.5, 0.6) is 0 Å². The summed E-state index contributed by atoms with van der Waals surface area (Å²) in [5.41, 5.74) is -1.01. The monoisotopic (exact) mass is 219 g/mol. The first-order valence-electron chi connectivity index (χ1n) is 4.54. The highest BCUT2D eigenvalue weighted by atomic mass is 16.5. The smallest absolute Gasteiger partial charge is 0.334 e. The van der Waals surface area contributed by atoms with E-state index in [1.165, 1.54) is 0 Å². The minimum Gasteiger partial charge on any atom is -0.449 e. The van der Waals surface area contributed by atoms with Gasteiger partial charge in [-0.15, -0.1) is 6.42 Å². The normalized spacial score (nSPS) is 15.9. The third-order valence-corrected chi connectivity index (χ3v) is 2.03. The van der Waals surface area contributed by atoms with Crippen LogP contribution in [0.4, 0.5) is 0 Å². The van der Waals surface area contributed by atoms with Gasteiger partial charge >= 0.3 is 11.9 Å². The zero-order valence-corrected chi connectivity index (χ0v) is 8.43. The molecule has 0 saturated heterocycles. The Hall–Kier alpha value is -2.27. The van der Waals surface area contributed by atoms with E-state index in [2.05, 4.69) is 15.4 Å². The standard InChI is InChI=1S/C11H9NO4/c1-2-6-15-9(13)3-7-16-10(14)11(8-12)4-5-11/h1,3,7H,4-6H2/b7-3+. The lowest BCUT2D eigenvalue weighted by atomic mass is 10.1. The van der Waals surface area contributed by atoms with Gasteiger partial charge in [-0.05, 0) is 12.8 Å². The summed E-state index contributed by atoms with van der Waals surface area (Å²) >= 11 is 0. The van der Waals surface area contributed by atoms with Crippen LogP contribution in [-0.4, -0.2) is 18.5 Å². The van der Waals surface area contributed by atoms with E-state index in [1.54, 1.807) is 0 Å². The van der Waals surface area contributed by atoms with Gasteiger partial charge in [0.25, 0.3) is 0 Å². The Balaban J connectivity index is 2.33. The van der Waals surface area contributed by atoms with Crippen LogP contribution in [0.15, 0.2) is 12.3 Å². The zero-order chi connectivity index (χ0) is 12.0. The minimum absolute atomic E-state index is 0.140. The maximum atomic E-state index is 11.3. The SMILES string of the molecule is C#CCOC(=O)/C=C/OC(=O)C1(C#N)CC1. The van der Waals surface area contributed by atoms with E-state index in [-0.39, 0.29) is 6.61 Å². The number of esters is 2. The lowest BCUT2D eigenvalue weighted by Gasteiger charge is -2.01. The van der Waals surface area contributed by atoms with Crippen molar-refractivity contribution in [3.05, 3.63) is 12.3 Å². The molecule has 0 amide bonds. The second kappa shape index (κ2) is 4.99. The third kappa shape index (κ3) is 2.86. The molecular formula is C11H9NO4. The van der Waals surface area contributed by atoms with Gasteiger partial charge in [0.1, 0.15) is 6.26 Å². The number of hydrogen-bond donors (Lipinski definition) is 0. The molecule has 1 rings (SSSR count). The van der Waals surface area contributed by atoms with Crippen molar-refractivity contribution in [2.24, 2.45) is 5.41 Å². The number of hydrogen-bond acceptors (Lipinski definition) is 5. The van der Waals surface area contributed by atoms with Crippen molar-refractivity contribution in [1.82, 2.24) is 0 Å². The molecule has 1 fully saturated rings. The van der Waals surface area contributed by atoms with Gasteiger partial charge in [0.2, 0.25) is 0 Å². The number of terminal acetylenes is 1. The van der Waals surface area contributed by atoms with E-state index in [1.807, 2.05) is 6.07 Å². The second-order valence-corrected chi connectivity index (χ2v) is 3.21. The topological polar surface area (TPSA) is 76.4 Å². The Morgan fingerprint density at radius 1 is 1.50 bits per heavy atom. The van der Waals surface area contributed by atoms with Crippen molar-refractivity contribution < 1.29 is 19.1 Å². The zero-order valence-electron chi connectivity index (χ0n) is 8.43. The molecule has 1 aliphatic rings. The maximum absolute atomic E-state index is 11.3. The van der Waals surface area contributed by atoms with Gasteiger partial charge < -0.3 is 9.47 Å². The Morgan fingerprint density at radius 3 is 2.69 bits per heavy atom. The second-order valence-electron chi connectivity index (χ2n) is 3.21. The highest BCUT2D eigenvalue weighted by Gasteiger charge is 2.52. The van der Waals surface area contributed by atoms with Crippen LogP contribution in [0.3, 0.4) is 0 Å². The molecule has 0 heterocycles. The number of nitriles is 1. The van der Waals surface area contributed by atoms with Crippen molar-refractivity contribution in [1.29, 1.82) is 5.26 Å². The predicted molar refractivity (Wildman–Crippen MR) is 52.3 cm³/mol. The first kappa shape index (κ1) is 11.8. The first-order valence-corrected chi connectivity index (χ1v) is 4.54. The Morgan fingerprint density at radius 2 is 2.19 bits per heavy atom. The average molecular weight is 219 g/mol. The van der Waals surface area contributed by atoms with Crippen LogP contribution in [0.1, 0.15) is 12.8 Å². The van der Waals surface area contributed by atoms with Crippen LogP contribution >= 0.6 is 0 Å². The Bertz CT molecular complexity index is 407. The number of ether oxygens (including phenoxy) is 2. The Labute approximate surface area is 92.6 Å². The number of carbonyl (C=O) groups is 2. The molecule has 0 aromatic heterocycles. The molecule has 5 nitrogen and oxygen atoms in total. The highest BCUT2D eigenvalue weighted by molar-refractivity contribution is 5.85. The molecule has 0 spiro atoms. The maximum Gasteiger partial charge on any atom is 0.334 e. The van der Waals surface area contributed by atoms with E-state index < -0.39 is 17.4 Å². The molecule has 0 unspecified atom stereocenters. The van der Waals surface area contributed by atoms with Crippen molar-refractivity contribution >= 4 is 11.9 Å². The summed E-state index contributed by atoms with van der Waals surface area (Å²) in [7, 11) is 0. The lowest BCUT2D eigenvalue weighted by molar-refractivity contribution is -0.142. The summed E-state index contributed by atoms with van der Waals surface area (Å²) in [5.74, 6) is 0.769. The molecule has 0 bridgehead atoms. The van der Waals surface area contributed by atoms with Crippen molar-refractivity contribution in [3.63, 3.8) is 0 Å². The van der Waals surface area contributed by atoms with Crippen LogP contribution < -0.4 is 0 Å². The summed E-state index contributed by atoms with van der Waals surface area (Å²) in [6, 6.07) is 1.87. The predicted octanol–water partition coefficient (Wildman–Crippen LogP) is 0.523. The Kier molecular flexibility index (Phi) is 3.68. The largest absolute Gasteiger partial charge is 0.449 e. The molecule has 0 atom stereocenters. The molecule has 16 heavy (non-hydrogen) atoms. The fourth-order valence-electron chi connectivity index (χ4n) is 0.912. The summed E-state index contributed by atoms with van der Waals surface area (Å²) in [5, 5.41) is 8.66. The molecule has 0 aromatic rings. The van der Waals surface area contributed by atoms with Gasteiger partial charge in [-0.3, -0.25) is 0 Å². The van der Waals surface area contributed by atoms with Crippen molar-refractivity contribution in [3.8, 4) is 18.4 Å². The molecule has 5 heteroatoms. The van der Waals surface area contributed by atoms with Crippen LogP contribution in [0.25, 0.3) is 0 Å². The summed E-state index contributed by atoms with van der Waals surface area (Å²) < 4.78 is 9.10. The fraction of sp³-hybridized carbons (Fsp3) is 0.364. The molecular weight excluding hydrogens is 210 g/mol. The minimum atomic E-state index is -1.01. The molecule has 1 saturated carbocycles. The summed E-state index contributed by atoms with van der Waals surface area (Å²) in [4.78, 5) is 22.1. The number of rotatable bonds is 4. The van der Waals surface area contributed by atoms with E-state index in [0.717, 1.165) is 12.3 Å². The summed E-state index contributed by atoms with van der Waals surface area (Å²) in [6.07, 6.45) is 7.69. The van der Waals surface area contributed by atoms with Crippen LogP contribution in [0, 0.1) is 29.1 Å². The molecule has 0 aromatic carbocycles. The van der Waals surface area contributed by atoms with Crippen LogP contribution in [-0.2, 0) is 19.1 Å². The van der Waals surface area contributed by atoms with Gasteiger partial charge in [0, 0.05) is 0 Å². The van der Waals surface area contributed by atoms with Crippen molar-refractivity contribution in [2.45, 2.75) is 12.8 Å². The van der Waals surface area contributed by atoms with E-state index in [0.29, 0.717) is 12.8 Å². The third-order valence-electron chi connectivity index (χ3n) is 2.03. The first-order chi connectivity index (χ1) is 7.64. The molecule has 0 N–H and O–H groups in total. The average Bonchev–Trinajstić information content (AvgIpc) is 3.07. The lowest BCUT2D eigenvalue weighted by Crippen LogP contribution is -2.14. The van der Waals surface area contributed by atoms with Crippen molar-refractivity contribution in [2.75, 3.05) is 6.61 Å². The van der Waals surface area contributed by atoms with Gasteiger partial charge in [-0.2, -0.15) is 5.26 Å². The van der Waals surface area contributed by atoms with E-state index in [4.69, 9.17) is 11.7 Å². The van der Waals surface area contributed by atoms with Gasteiger partial charge in [0.15, 0.2) is 12.0 Å². The van der Waals surface area contributed by atoms with Gasteiger partial charge in [0.05, 0.1) is 12.1 Å². The quantitative estimate of drug-likeness (QED) is 0.298. The molecule has 0 aliphatic heterocycles. The highest BCUT2D eigenvalue weighted by Crippen LogP contribution is 2.45. The number of nitrogens with zero attached hydrogens (tertiary/aromatic N) is 1. The van der Waals surface area contributed by atoms with Gasteiger partial charge in [-0.25, -0.2) is 9.59 Å². The van der Waals surface area contributed by atoms with E-state index in [9.17, 15) is 9.59 Å². The molecule has 82 valence electrons. The summed E-state index contributed by atoms with van der Waals surface area (Å²) in [6.45, 7) is -0.140. The fourth-order valence-corrected chi connectivity index (χ4v) is 0.912. The van der Waals surface area contributed by atoms with E-state index >= 15 is 0 Å².